The van der Waals surface area contributed by atoms with Gasteiger partial charge in [0.15, 0.2) is 0 Å². The maximum absolute atomic E-state index is 3.90. The van der Waals surface area contributed by atoms with Crippen LogP contribution in [0.4, 0.5) is 0 Å². The molecule has 0 aromatic carbocycles. The van der Waals surface area contributed by atoms with Gasteiger partial charge in [0.05, 0.1) is 0 Å². The first kappa shape index (κ1) is 11.5. The predicted molar refractivity (Wildman–Crippen MR) is 57.3 cm³/mol. The molecule has 0 aromatic rings. The lowest BCUT2D eigenvalue weighted by Crippen LogP contribution is -1.99. The van der Waals surface area contributed by atoms with E-state index in [9.17, 15) is 0 Å². The standard InChI is InChI=1S/C12H22/c1-6-8-12(7-2)11(5)9-10(3)4/h9,12H,3,6-8H2,1-2,4-5H3. The molecular formula is C12H22. The van der Waals surface area contributed by atoms with Gasteiger partial charge in [0.1, 0.15) is 0 Å². The van der Waals surface area contributed by atoms with Gasteiger partial charge in [-0.3, -0.25) is 0 Å². The van der Waals surface area contributed by atoms with E-state index in [4.69, 9.17) is 0 Å². The summed E-state index contributed by atoms with van der Waals surface area (Å²) in [6.07, 6.45) is 6.05. The molecule has 0 radical (unpaired) electrons. The third-order valence-corrected chi connectivity index (χ3v) is 2.25. The molecule has 0 N–H and O–H groups in total. The van der Waals surface area contributed by atoms with E-state index in [2.05, 4.69) is 40.3 Å². The van der Waals surface area contributed by atoms with Crippen molar-refractivity contribution >= 4 is 0 Å². The summed E-state index contributed by atoms with van der Waals surface area (Å²) >= 11 is 0. The number of rotatable bonds is 5. The van der Waals surface area contributed by atoms with E-state index in [-0.39, 0.29) is 0 Å². The summed E-state index contributed by atoms with van der Waals surface area (Å²) in [6.45, 7) is 12.7. The third kappa shape index (κ3) is 4.38. The van der Waals surface area contributed by atoms with Crippen LogP contribution in [0, 0.1) is 5.92 Å². The molecule has 0 aromatic heterocycles. The lowest BCUT2D eigenvalue weighted by atomic mass is 9.92. The fraction of sp³-hybridized carbons (Fsp3) is 0.667. The second kappa shape index (κ2) is 6.05. The average molecular weight is 166 g/mol. The molecule has 0 aliphatic carbocycles. The summed E-state index contributed by atoms with van der Waals surface area (Å²) in [4.78, 5) is 0. The minimum Gasteiger partial charge on any atom is -0.0961 e. The largest absolute Gasteiger partial charge is 0.0961 e. The van der Waals surface area contributed by atoms with Gasteiger partial charge in [-0.1, -0.05) is 44.1 Å². The van der Waals surface area contributed by atoms with Gasteiger partial charge >= 0.3 is 0 Å². The first-order valence-corrected chi connectivity index (χ1v) is 4.95. The number of hydrogen-bond donors (Lipinski definition) is 0. The second-order valence-electron chi connectivity index (χ2n) is 3.63. The Labute approximate surface area is 77.4 Å². The van der Waals surface area contributed by atoms with Crippen molar-refractivity contribution in [3.05, 3.63) is 23.8 Å². The summed E-state index contributed by atoms with van der Waals surface area (Å²) in [7, 11) is 0. The molecule has 1 unspecified atom stereocenters. The van der Waals surface area contributed by atoms with Crippen molar-refractivity contribution in [1.82, 2.24) is 0 Å². The van der Waals surface area contributed by atoms with E-state index in [1.54, 1.807) is 0 Å². The minimum atomic E-state index is 0.770. The zero-order valence-electron chi connectivity index (χ0n) is 8.98. The average Bonchev–Trinajstić information content (AvgIpc) is 1.98. The highest BCUT2D eigenvalue weighted by atomic mass is 14.1. The van der Waals surface area contributed by atoms with Gasteiger partial charge in [-0.25, -0.2) is 0 Å². The fourth-order valence-electron chi connectivity index (χ4n) is 1.61. The zero-order chi connectivity index (χ0) is 9.56. The topological polar surface area (TPSA) is 0 Å². The molecule has 0 aliphatic rings. The molecule has 0 heterocycles. The summed E-state index contributed by atoms with van der Waals surface area (Å²) in [5, 5.41) is 0. The Hall–Kier alpha value is -0.520. The number of hydrogen-bond acceptors (Lipinski definition) is 0. The van der Waals surface area contributed by atoms with Gasteiger partial charge in [0, 0.05) is 0 Å². The summed E-state index contributed by atoms with van der Waals surface area (Å²) in [5.74, 6) is 0.770. The van der Waals surface area contributed by atoms with Crippen molar-refractivity contribution in [1.29, 1.82) is 0 Å². The lowest BCUT2D eigenvalue weighted by molar-refractivity contribution is 0.534. The van der Waals surface area contributed by atoms with E-state index >= 15 is 0 Å². The normalized spacial score (nSPS) is 14.5. The fourth-order valence-corrected chi connectivity index (χ4v) is 1.61. The molecule has 0 rings (SSSR count). The predicted octanol–water partition coefficient (Wildman–Crippen LogP) is 4.34. The van der Waals surface area contributed by atoms with Crippen molar-refractivity contribution < 1.29 is 0 Å². The van der Waals surface area contributed by atoms with Gasteiger partial charge in [0.25, 0.3) is 0 Å². The highest BCUT2D eigenvalue weighted by Gasteiger charge is 2.05. The van der Waals surface area contributed by atoms with Crippen LogP contribution in [0.25, 0.3) is 0 Å². The van der Waals surface area contributed by atoms with Crippen LogP contribution in [-0.2, 0) is 0 Å². The van der Waals surface area contributed by atoms with Crippen molar-refractivity contribution in [2.45, 2.75) is 47.0 Å². The number of allylic oxidation sites excluding steroid dienone is 3. The van der Waals surface area contributed by atoms with E-state index < -0.39 is 0 Å². The molecule has 0 saturated carbocycles. The van der Waals surface area contributed by atoms with E-state index in [1.165, 1.54) is 30.4 Å². The summed E-state index contributed by atoms with van der Waals surface area (Å²) < 4.78 is 0. The maximum Gasteiger partial charge on any atom is -0.0206 e. The molecular weight excluding hydrogens is 144 g/mol. The van der Waals surface area contributed by atoms with Crippen LogP contribution in [0.2, 0.25) is 0 Å². The van der Waals surface area contributed by atoms with Crippen molar-refractivity contribution in [2.24, 2.45) is 5.92 Å². The molecule has 1 atom stereocenters. The zero-order valence-corrected chi connectivity index (χ0v) is 8.98. The Bertz CT molecular complexity index is 163. The molecule has 70 valence electrons. The second-order valence-corrected chi connectivity index (χ2v) is 3.63. The summed E-state index contributed by atoms with van der Waals surface area (Å²) in [5.41, 5.74) is 2.66. The van der Waals surface area contributed by atoms with Gasteiger partial charge in [0.2, 0.25) is 0 Å². The Kier molecular flexibility index (Phi) is 5.79. The summed E-state index contributed by atoms with van der Waals surface area (Å²) in [6, 6.07) is 0. The smallest absolute Gasteiger partial charge is 0.0206 e. The first-order valence-electron chi connectivity index (χ1n) is 4.95. The Balaban J connectivity index is 4.19. The third-order valence-electron chi connectivity index (χ3n) is 2.25. The molecule has 12 heavy (non-hydrogen) atoms. The van der Waals surface area contributed by atoms with E-state index in [1.807, 2.05) is 0 Å². The van der Waals surface area contributed by atoms with Crippen LogP contribution in [0.15, 0.2) is 23.8 Å². The van der Waals surface area contributed by atoms with Crippen LogP contribution in [-0.4, -0.2) is 0 Å². The Morgan fingerprint density at radius 3 is 2.25 bits per heavy atom. The lowest BCUT2D eigenvalue weighted by Gasteiger charge is -2.14. The quantitative estimate of drug-likeness (QED) is 0.533. The SMILES string of the molecule is C=C(C)C=C(C)C(CC)CCC. The molecule has 0 bridgehead atoms. The van der Waals surface area contributed by atoms with Gasteiger partial charge in [-0.05, 0) is 32.6 Å². The van der Waals surface area contributed by atoms with Crippen molar-refractivity contribution in [3.8, 4) is 0 Å². The van der Waals surface area contributed by atoms with Crippen LogP contribution < -0.4 is 0 Å². The van der Waals surface area contributed by atoms with Gasteiger partial charge in [-0.2, -0.15) is 0 Å². The molecule has 0 nitrogen and oxygen atoms in total. The van der Waals surface area contributed by atoms with Gasteiger partial charge < -0.3 is 0 Å². The van der Waals surface area contributed by atoms with Crippen LogP contribution in [0.1, 0.15) is 47.0 Å². The van der Waals surface area contributed by atoms with Crippen molar-refractivity contribution in [3.63, 3.8) is 0 Å². The molecule has 0 saturated heterocycles. The van der Waals surface area contributed by atoms with Crippen LogP contribution >= 0.6 is 0 Å². The van der Waals surface area contributed by atoms with E-state index in [0.717, 1.165) is 5.92 Å². The molecule has 0 amide bonds. The highest BCUT2D eigenvalue weighted by molar-refractivity contribution is 5.18. The highest BCUT2D eigenvalue weighted by Crippen LogP contribution is 2.21. The monoisotopic (exact) mass is 166 g/mol. The Morgan fingerprint density at radius 1 is 1.33 bits per heavy atom. The van der Waals surface area contributed by atoms with Crippen LogP contribution in [0.5, 0.6) is 0 Å². The maximum atomic E-state index is 3.90. The molecule has 0 fully saturated rings. The minimum absolute atomic E-state index is 0.770. The van der Waals surface area contributed by atoms with E-state index in [0.29, 0.717) is 0 Å². The van der Waals surface area contributed by atoms with Crippen LogP contribution in [0.3, 0.4) is 0 Å². The van der Waals surface area contributed by atoms with Gasteiger partial charge in [-0.15, -0.1) is 0 Å². The molecule has 0 heteroatoms. The Morgan fingerprint density at radius 2 is 1.92 bits per heavy atom. The first-order chi connectivity index (χ1) is 5.61. The van der Waals surface area contributed by atoms with Crippen molar-refractivity contribution in [2.75, 3.05) is 0 Å². The molecule has 0 spiro atoms. The molecule has 0 aliphatic heterocycles.